The van der Waals surface area contributed by atoms with Gasteiger partial charge in [-0.15, -0.1) is 11.6 Å². The molecule has 0 aromatic carbocycles. The van der Waals surface area contributed by atoms with E-state index in [-0.39, 0.29) is 17.6 Å². The first-order valence-electron chi connectivity index (χ1n) is 5.46. The molecule has 1 saturated heterocycles. The van der Waals surface area contributed by atoms with Crippen LogP contribution in [-0.4, -0.2) is 30.0 Å². The molecule has 0 radical (unpaired) electrons. The van der Waals surface area contributed by atoms with Gasteiger partial charge in [-0.05, 0) is 32.6 Å². The maximum atomic E-state index is 11.9. The quantitative estimate of drug-likeness (QED) is 0.754. The molecule has 2 atom stereocenters. The van der Waals surface area contributed by atoms with Gasteiger partial charge in [0, 0.05) is 18.0 Å². The fraction of sp³-hybridized carbons (Fsp3) is 0.909. The maximum Gasteiger partial charge on any atom is 0.249 e. The van der Waals surface area contributed by atoms with Crippen LogP contribution in [0.5, 0.6) is 0 Å². The van der Waals surface area contributed by atoms with Gasteiger partial charge in [-0.2, -0.15) is 0 Å². The molecule has 88 valence electrons. The minimum atomic E-state index is -0.278. The zero-order valence-electron chi connectivity index (χ0n) is 9.68. The van der Waals surface area contributed by atoms with E-state index in [4.69, 9.17) is 16.3 Å². The van der Waals surface area contributed by atoms with Crippen molar-refractivity contribution in [1.29, 1.82) is 0 Å². The number of halogens is 1. The van der Waals surface area contributed by atoms with Gasteiger partial charge >= 0.3 is 0 Å². The Morgan fingerprint density at radius 3 is 2.73 bits per heavy atom. The molecule has 1 fully saturated rings. The number of amides is 1. The van der Waals surface area contributed by atoms with Crippen molar-refractivity contribution in [3.8, 4) is 0 Å². The third kappa shape index (κ3) is 3.65. The van der Waals surface area contributed by atoms with E-state index in [1.54, 1.807) is 0 Å². The molecule has 1 N–H and O–H groups in total. The molecule has 1 heterocycles. The van der Waals surface area contributed by atoms with Crippen LogP contribution < -0.4 is 5.32 Å². The van der Waals surface area contributed by atoms with E-state index in [1.807, 2.05) is 20.8 Å². The SMILES string of the molecule is CC1CCOC1C(=O)NC(C)(C)CCCl. The highest BCUT2D eigenvalue weighted by Crippen LogP contribution is 2.21. The van der Waals surface area contributed by atoms with E-state index in [2.05, 4.69) is 5.32 Å². The fourth-order valence-electron chi connectivity index (χ4n) is 1.73. The summed E-state index contributed by atoms with van der Waals surface area (Å²) in [6.45, 7) is 6.70. The number of ether oxygens (including phenoxy) is 1. The van der Waals surface area contributed by atoms with Gasteiger partial charge in [-0.1, -0.05) is 6.92 Å². The Kier molecular flexibility index (Phi) is 4.41. The zero-order chi connectivity index (χ0) is 11.5. The van der Waals surface area contributed by atoms with Crippen LogP contribution in [-0.2, 0) is 9.53 Å². The molecule has 0 saturated carbocycles. The number of hydrogen-bond acceptors (Lipinski definition) is 2. The number of alkyl halides is 1. The number of carbonyl (C=O) groups is 1. The van der Waals surface area contributed by atoms with Gasteiger partial charge < -0.3 is 10.1 Å². The Morgan fingerprint density at radius 1 is 1.60 bits per heavy atom. The average Bonchev–Trinajstić information content (AvgIpc) is 2.50. The first kappa shape index (κ1) is 12.8. The van der Waals surface area contributed by atoms with Crippen LogP contribution >= 0.6 is 11.6 Å². The van der Waals surface area contributed by atoms with Crippen molar-refractivity contribution in [2.75, 3.05) is 12.5 Å². The largest absolute Gasteiger partial charge is 0.368 e. The van der Waals surface area contributed by atoms with E-state index in [1.165, 1.54) is 0 Å². The van der Waals surface area contributed by atoms with Gasteiger partial charge in [0.25, 0.3) is 0 Å². The first-order valence-corrected chi connectivity index (χ1v) is 5.99. The van der Waals surface area contributed by atoms with Gasteiger partial charge in [0.1, 0.15) is 6.10 Å². The molecule has 15 heavy (non-hydrogen) atoms. The Morgan fingerprint density at radius 2 is 2.27 bits per heavy atom. The third-order valence-corrected chi connectivity index (χ3v) is 3.02. The van der Waals surface area contributed by atoms with Crippen molar-refractivity contribution < 1.29 is 9.53 Å². The van der Waals surface area contributed by atoms with E-state index >= 15 is 0 Å². The molecule has 0 aliphatic carbocycles. The summed E-state index contributed by atoms with van der Waals surface area (Å²) in [5.74, 6) is 0.862. The summed E-state index contributed by atoms with van der Waals surface area (Å²) in [4.78, 5) is 11.9. The minimum absolute atomic E-state index is 0.00452. The van der Waals surface area contributed by atoms with E-state index in [9.17, 15) is 4.79 Å². The standard InChI is InChI=1S/C11H20ClNO2/c1-8-4-7-15-9(8)10(14)13-11(2,3)5-6-12/h8-9H,4-7H2,1-3H3,(H,13,14). The summed E-state index contributed by atoms with van der Waals surface area (Å²) in [6, 6.07) is 0. The van der Waals surface area contributed by atoms with Gasteiger partial charge in [0.05, 0.1) is 0 Å². The summed E-state index contributed by atoms with van der Waals surface area (Å²) >= 11 is 5.68. The predicted octanol–water partition coefficient (Wildman–Crippen LogP) is 1.94. The normalized spacial score (nSPS) is 26.7. The summed E-state index contributed by atoms with van der Waals surface area (Å²) < 4.78 is 5.41. The summed E-state index contributed by atoms with van der Waals surface area (Å²) in [5.41, 5.74) is -0.246. The second-order valence-corrected chi connectivity index (χ2v) is 5.25. The summed E-state index contributed by atoms with van der Waals surface area (Å²) in [6.07, 6.45) is 1.45. The monoisotopic (exact) mass is 233 g/mol. The van der Waals surface area contributed by atoms with Crippen LogP contribution in [0.25, 0.3) is 0 Å². The second-order valence-electron chi connectivity index (χ2n) is 4.87. The molecule has 0 aromatic rings. The first-order chi connectivity index (χ1) is 6.96. The lowest BCUT2D eigenvalue weighted by Gasteiger charge is -2.27. The van der Waals surface area contributed by atoms with Crippen LogP contribution in [0.4, 0.5) is 0 Å². The Labute approximate surface area is 96.5 Å². The molecule has 0 spiro atoms. The number of carbonyl (C=O) groups excluding carboxylic acids is 1. The Hall–Kier alpha value is -0.280. The molecule has 0 bridgehead atoms. The lowest BCUT2D eigenvalue weighted by molar-refractivity contribution is -0.133. The van der Waals surface area contributed by atoms with Crippen molar-refractivity contribution >= 4 is 17.5 Å². The smallest absolute Gasteiger partial charge is 0.249 e. The lowest BCUT2D eigenvalue weighted by atomic mass is 9.99. The van der Waals surface area contributed by atoms with E-state index in [0.29, 0.717) is 18.4 Å². The highest BCUT2D eigenvalue weighted by atomic mass is 35.5. The van der Waals surface area contributed by atoms with Crippen LogP contribution in [0.15, 0.2) is 0 Å². The van der Waals surface area contributed by atoms with Crippen LogP contribution in [0.2, 0.25) is 0 Å². The van der Waals surface area contributed by atoms with Crippen molar-refractivity contribution in [2.24, 2.45) is 5.92 Å². The lowest BCUT2D eigenvalue weighted by Crippen LogP contribution is -2.49. The molecule has 1 amide bonds. The molecule has 3 nitrogen and oxygen atoms in total. The molecular weight excluding hydrogens is 214 g/mol. The number of hydrogen-bond donors (Lipinski definition) is 1. The predicted molar refractivity (Wildman–Crippen MR) is 61.1 cm³/mol. The van der Waals surface area contributed by atoms with Gasteiger partial charge in [0.15, 0.2) is 0 Å². The Bertz CT molecular complexity index is 231. The van der Waals surface area contributed by atoms with Gasteiger partial charge in [-0.25, -0.2) is 0 Å². The minimum Gasteiger partial charge on any atom is -0.368 e. The topological polar surface area (TPSA) is 38.3 Å². The van der Waals surface area contributed by atoms with E-state index < -0.39 is 0 Å². The molecular formula is C11H20ClNO2. The van der Waals surface area contributed by atoms with Crippen LogP contribution in [0, 0.1) is 5.92 Å². The van der Waals surface area contributed by atoms with Crippen LogP contribution in [0.3, 0.4) is 0 Å². The van der Waals surface area contributed by atoms with Gasteiger partial charge in [-0.3, -0.25) is 4.79 Å². The second kappa shape index (κ2) is 5.17. The summed E-state index contributed by atoms with van der Waals surface area (Å²) in [5, 5.41) is 2.98. The van der Waals surface area contributed by atoms with E-state index in [0.717, 1.165) is 12.8 Å². The average molecular weight is 234 g/mol. The van der Waals surface area contributed by atoms with Crippen molar-refractivity contribution in [1.82, 2.24) is 5.32 Å². The molecule has 2 unspecified atom stereocenters. The maximum absolute atomic E-state index is 11.9. The molecule has 1 rings (SSSR count). The summed E-state index contributed by atoms with van der Waals surface area (Å²) in [7, 11) is 0. The Balaban J connectivity index is 2.47. The highest BCUT2D eigenvalue weighted by molar-refractivity contribution is 6.17. The third-order valence-electron chi connectivity index (χ3n) is 2.83. The number of nitrogens with one attached hydrogen (secondary N) is 1. The van der Waals surface area contributed by atoms with Crippen molar-refractivity contribution in [2.45, 2.75) is 45.3 Å². The molecule has 1 aliphatic rings. The van der Waals surface area contributed by atoms with Gasteiger partial charge in [0.2, 0.25) is 5.91 Å². The zero-order valence-corrected chi connectivity index (χ0v) is 10.4. The molecule has 1 aliphatic heterocycles. The van der Waals surface area contributed by atoms with Crippen molar-refractivity contribution in [3.63, 3.8) is 0 Å². The number of rotatable bonds is 4. The van der Waals surface area contributed by atoms with Crippen LogP contribution in [0.1, 0.15) is 33.6 Å². The molecule has 4 heteroatoms. The van der Waals surface area contributed by atoms with Crippen molar-refractivity contribution in [3.05, 3.63) is 0 Å². The molecule has 0 aromatic heterocycles. The fourth-order valence-corrected chi connectivity index (χ4v) is 2.21. The highest BCUT2D eigenvalue weighted by Gasteiger charge is 2.33.